The molecule has 0 aliphatic rings. The number of nitrogens with zero attached hydrogens (tertiary/aromatic N) is 1. The van der Waals surface area contributed by atoms with Crippen LogP contribution in [-0.4, -0.2) is 12.6 Å². The molecule has 1 N–H and O–H groups in total. The van der Waals surface area contributed by atoms with Crippen molar-refractivity contribution in [1.29, 1.82) is 5.26 Å². The highest BCUT2D eigenvalue weighted by molar-refractivity contribution is 5.33. The summed E-state index contributed by atoms with van der Waals surface area (Å²) in [6.07, 6.45) is -4.35. The van der Waals surface area contributed by atoms with Crippen molar-refractivity contribution in [2.24, 2.45) is 0 Å². The molecule has 0 saturated heterocycles. The summed E-state index contributed by atoms with van der Waals surface area (Å²) in [4.78, 5) is 0. The molecule has 0 saturated carbocycles. The van der Waals surface area contributed by atoms with Gasteiger partial charge >= 0.3 is 6.18 Å². The standard InChI is InChI=1S/C13H15F3N2/c1-9(10(2)18-8-7-17)11-5-3-4-6-12(11)13(14,15)16/h3-6,9-10,18H,8H2,1-2H3/t9-,10-/m1/s1. The molecule has 0 bridgehead atoms. The minimum atomic E-state index is -4.35. The highest BCUT2D eigenvalue weighted by atomic mass is 19.4. The lowest BCUT2D eigenvalue weighted by Crippen LogP contribution is -2.32. The van der Waals surface area contributed by atoms with E-state index in [9.17, 15) is 13.2 Å². The highest BCUT2D eigenvalue weighted by Gasteiger charge is 2.34. The summed E-state index contributed by atoms with van der Waals surface area (Å²) >= 11 is 0. The van der Waals surface area contributed by atoms with Crippen molar-refractivity contribution < 1.29 is 13.2 Å². The van der Waals surface area contributed by atoms with Crippen LogP contribution >= 0.6 is 0 Å². The number of benzene rings is 1. The molecular weight excluding hydrogens is 241 g/mol. The van der Waals surface area contributed by atoms with E-state index in [2.05, 4.69) is 5.32 Å². The average Bonchev–Trinajstić information content (AvgIpc) is 2.34. The van der Waals surface area contributed by atoms with E-state index >= 15 is 0 Å². The maximum Gasteiger partial charge on any atom is 0.416 e. The zero-order chi connectivity index (χ0) is 13.8. The Morgan fingerprint density at radius 3 is 2.44 bits per heavy atom. The Balaban J connectivity index is 2.99. The van der Waals surface area contributed by atoms with Gasteiger partial charge in [0.2, 0.25) is 0 Å². The van der Waals surface area contributed by atoms with Gasteiger partial charge in [0, 0.05) is 6.04 Å². The monoisotopic (exact) mass is 256 g/mol. The molecule has 0 spiro atoms. The number of hydrogen-bond acceptors (Lipinski definition) is 2. The number of nitrogens with one attached hydrogen (secondary N) is 1. The molecule has 2 nitrogen and oxygen atoms in total. The van der Waals surface area contributed by atoms with Crippen LogP contribution in [0.3, 0.4) is 0 Å². The summed E-state index contributed by atoms with van der Waals surface area (Å²) < 4.78 is 38.6. The number of halogens is 3. The van der Waals surface area contributed by atoms with E-state index in [1.807, 2.05) is 6.07 Å². The van der Waals surface area contributed by atoms with Crippen LogP contribution in [0.2, 0.25) is 0 Å². The fourth-order valence-electron chi connectivity index (χ4n) is 1.80. The molecule has 0 aliphatic carbocycles. The second-order valence-corrected chi connectivity index (χ2v) is 4.20. The molecule has 0 heterocycles. The van der Waals surface area contributed by atoms with Crippen molar-refractivity contribution in [2.75, 3.05) is 6.54 Å². The van der Waals surface area contributed by atoms with Crippen molar-refractivity contribution in [3.05, 3.63) is 35.4 Å². The lowest BCUT2D eigenvalue weighted by molar-refractivity contribution is -0.138. The minimum absolute atomic E-state index is 0.125. The first kappa shape index (κ1) is 14.5. The third-order valence-electron chi connectivity index (χ3n) is 3.01. The van der Waals surface area contributed by atoms with Crippen LogP contribution in [-0.2, 0) is 6.18 Å². The summed E-state index contributed by atoms with van der Waals surface area (Å²) in [5, 5.41) is 11.3. The SMILES string of the molecule is C[C@@H](NCC#N)[C@@H](C)c1ccccc1C(F)(F)F. The fraction of sp³-hybridized carbons (Fsp3) is 0.462. The second-order valence-electron chi connectivity index (χ2n) is 4.20. The van der Waals surface area contributed by atoms with E-state index in [-0.39, 0.29) is 24.1 Å². The van der Waals surface area contributed by atoms with E-state index in [0.717, 1.165) is 6.07 Å². The third-order valence-corrected chi connectivity index (χ3v) is 3.01. The smallest absolute Gasteiger partial charge is 0.301 e. The van der Waals surface area contributed by atoms with E-state index < -0.39 is 11.7 Å². The Bertz CT molecular complexity index is 435. The average molecular weight is 256 g/mol. The van der Waals surface area contributed by atoms with Crippen molar-refractivity contribution in [2.45, 2.75) is 32.0 Å². The van der Waals surface area contributed by atoms with Crippen LogP contribution in [0.15, 0.2) is 24.3 Å². The van der Waals surface area contributed by atoms with Gasteiger partial charge in [0.05, 0.1) is 18.2 Å². The van der Waals surface area contributed by atoms with Crippen molar-refractivity contribution in [1.82, 2.24) is 5.32 Å². The summed E-state index contributed by atoms with van der Waals surface area (Å²) in [7, 11) is 0. The second kappa shape index (κ2) is 5.87. The van der Waals surface area contributed by atoms with Gasteiger partial charge in [-0.05, 0) is 24.5 Å². The van der Waals surface area contributed by atoms with Gasteiger partial charge in [0.25, 0.3) is 0 Å². The van der Waals surface area contributed by atoms with Crippen LogP contribution in [0.5, 0.6) is 0 Å². The molecule has 1 rings (SSSR count). The number of hydrogen-bond donors (Lipinski definition) is 1. The Morgan fingerprint density at radius 1 is 1.28 bits per heavy atom. The first-order valence-corrected chi connectivity index (χ1v) is 5.64. The van der Waals surface area contributed by atoms with Gasteiger partial charge in [0.1, 0.15) is 0 Å². The van der Waals surface area contributed by atoms with Crippen molar-refractivity contribution in [3.8, 4) is 6.07 Å². The summed E-state index contributed by atoms with van der Waals surface area (Å²) in [6.45, 7) is 3.62. The number of alkyl halides is 3. The summed E-state index contributed by atoms with van der Waals surface area (Å²) in [6, 6.07) is 7.26. The van der Waals surface area contributed by atoms with Crippen LogP contribution in [0, 0.1) is 11.3 Å². The third kappa shape index (κ3) is 3.47. The molecule has 5 heteroatoms. The first-order chi connectivity index (χ1) is 8.38. The zero-order valence-electron chi connectivity index (χ0n) is 10.3. The van der Waals surface area contributed by atoms with Crippen LogP contribution in [0.1, 0.15) is 30.9 Å². The van der Waals surface area contributed by atoms with Crippen LogP contribution < -0.4 is 5.32 Å². The van der Waals surface area contributed by atoms with Gasteiger partial charge in [-0.15, -0.1) is 0 Å². The lowest BCUT2D eigenvalue weighted by atomic mass is 9.90. The molecule has 0 fully saturated rings. The molecule has 0 unspecified atom stereocenters. The van der Waals surface area contributed by atoms with E-state index in [1.165, 1.54) is 12.1 Å². The molecule has 98 valence electrons. The Kier molecular flexibility index (Phi) is 4.74. The minimum Gasteiger partial charge on any atom is -0.301 e. The number of nitriles is 1. The van der Waals surface area contributed by atoms with Crippen LogP contribution in [0.4, 0.5) is 13.2 Å². The summed E-state index contributed by atoms with van der Waals surface area (Å²) in [5.41, 5.74) is -0.356. The maximum absolute atomic E-state index is 12.9. The van der Waals surface area contributed by atoms with Gasteiger partial charge in [0.15, 0.2) is 0 Å². The Labute approximate surface area is 104 Å². The largest absolute Gasteiger partial charge is 0.416 e. The molecule has 1 aromatic carbocycles. The van der Waals surface area contributed by atoms with Gasteiger partial charge in [-0.1, -0.05) is 25.1 Å². The topological polar surface area (TPSA) is 35.8 Å². The molecule has 1 aromatic rings. The molecule has 0 radical (unpaired) electrons. The number of rotatable bonds is 4. The lowest BCUT2D eigenvalue weighted by Gasteiger charge is -2.23. The molecule has 18 heavy (non-hydrogen) atoms. The van der Waals surface area contributed by atoms with Crippen molar-refractivity contribution >= 4 is 0 Å². The molecule has 0 amide bonds. The van der Waals surface area contributed by atoms with Gasteiger partial charge < -0.3 is 5.32 Å². The van der Waals surface area contributed by atoms with E-state index in [1.54, 1.807) is 19.9 Å². The predicted molar refractivity (Wildman–Crippen MR) is 62.9 cm³/mol. The van der Waals surface area contributed by atoms with Crippen LogP contribution in [0.25, 0.3) is 0 Å². The zero-order valence-corrected chi connectivity index (χ0v) is 10.3. The Hall–Kier alpha value is -1.54. The first-order valence-electron chi connectivity index (χ1n) is 5.64. The van der Waals surface area contributed by atoms with Gasteiger partial charge in [-0.2, -0.15) is 18.4 Å². The molecule has 0 aliphatic heterocycles. The normalized spacial score (nSPS) is 14.9. The predicted octanol–water partition coefficient (Wildman–Crippen LogP) is 3.31. The van der Waals surface area contributed by atoms with E-state index in [4.69, 9.17) is 5.26 Å². The maximum atomic E-state index is 12.9. The fourth-order valence-corrected chi connectivity index (χ4v) is 1.80. The van der Waals surface area contributed by atoms with Crippen molar-refractivity contribution in [3.63, 3.8) is 0 Å². The van der Waals surface area contributed by atoms with E-state index in [0.29, 0.717) is 0 Å². The molecule has 2 atom stereocenters. The molecule has 0 aromatic heterocycles. The summed E-state index contributed by atoms with van der Waals surface area (Å²) in [5.74, 6) is -0.323. The molecular formula is C13H15F3N2. The van der Waals surface area contributed by atoms with Gasteiger partial charge in [-0.25, -0.2) is 0 Å². The highest BCUT2D eigenvalue weighted by Crippen LogP contribution is 2.35. The Morgan fingerprint density at radius 2 is 1.89 bits per heavy atom. The van der Waals surface area contributed by atoms with Gasteiger partial charge in [-0.3, -0.25) is 0 Å². The quantitative estimate of drug-likeness (QED) is 0.839.